The maximum Gasteiger partial charge on any atom is 0.163 e. The predicted octanol–water partition coefficient (Wildman–Crippen LogP) is 2.58. The molecule has 1 aliphatic heterocycles. The first-order chi connectivity index (χ1) is 10.9. The van der Waals surface area contributed by atoms with Crippen molar-refractivity contribution in [3.63, 3.8) is 0 Å². The van der Waals surface area contributed by atoms with Gasteiger partial charge >= 0.3 is 0 Å². The Morgan fingerprint density at radius 3 is 2.71 bits per heavy atom. The smallest absolute Gasteiger partial charge is 0.163 e. The number of nitrogens with zero attached hydrogens (tertiary/aromatic N) is 3. The first-order valence-corrected chi connectivity index (χ1v) is 7.57. The minimum atomic E-state index is 0. The van der Waals surface area contributed by atoms with Gasteiger partial charge in [-0.2, -0.15) is 0 Å². The summed E-state index contributed by atoms with van der Waals surface area (Å²) in [6.07, 6.45) is 4.29. The van der Waals surface area contributed by atoms with Crippen molar-refractivity contribution in [3.05, 3.63) is 24.7 Å². The summed E-state index contributed by atoms with van der Waals surface area (Å²) in [4.78, 5) is 10.7. The van der Waals surface area contributed by atoms with Crippen LogP contribution in [0.15, 0.2) is 24.7 Å². The molecule has 0 spiro atoms. The molecule has 1 aromatic heterocycles. The molecule has 0 saturated carbocycles. The van der Waals surface area contributed by atoms with Crippen LogP contribution in [-0.4, -0.2) is 61.4 Å². The van der Waals surface area contributed by atoms with Crippen LogP contribution in [-0.2, 0) is 4.74 Å². The summed E-state index contributed by atoms with van der Waals surface area (Å²) in [6.45, 7) is 5.37. The largest absolute Gasteiger partial charge is 0.493 e. The van der Waals surface area contributed by atoms with E-state index in [4.69, 9.17) is 14.2 Å². The maximum absolute atomic E-state index is 5.88. The van der Waals surface area contributed by atoms with Crippen molar-refractivity contribution in [1.82, 2.24) is 14.9 Å². The molecule has 6 nitrogen and oxygen atoms in total. The van der Waals surface area contributed by atoms with E-state index < -0.39 is 0 Å². The Morgan fingerprint density at radius 2 is 1.96 bits per heavy atom. The molecule has 1 aliphatic rings. The Balaban J connectivity index is 0.00000144. The van der Waals surface area contributed by atoms with Gasteiger partial charge in [-0.05, 0) is 12.5 Å². The van der Waals surface area contributed by atoms with Crippen molar-refractivity contribution >= 4 is 35.7 Å². The highest BCUT2D eigenvalue weighted by Gasteiger charge is 2.11. The second-order valence-corrected chi connectivity index (χ2v) is 5.24. The molecule has 0 N–H and O–H groups in total. The van der Waals surface area contributed by atoms with E-state index in [0.29, 0.717) is 12.4 Å². The van der Waals surface area contributed by atoms with E-state index >= 15 is 0 Å². The van der Waals surface area contributed by atoms with Gasteiger partial charge in [0.2, 0.25) is 0 Å². The fourth-order valence-corrected chi connectivity index (χ4v) is 2.56. The molecule has 2 heterocycles. The second kappa shape index (κ2) is 10.5. The molecule has 1 aromatic carbocycles. The van der Waals surface area contributed by atoms with Crippen LogP contribution < -0.4 is 9.47 Å². The molecule has 24 heavy (non-hydrogen) atoms. The van der Waals surface area contributed by atoms with Crippen molar-refractivity contribution in [2.45, 2.75) is 6.42 Å². The van der Waals surface area contributed by atoms with Gasteiger partial charge in [0, 0.05) is 37.3 Å². The molecule has 1 fully saturated rings. The molecule has 134 valence electrons. The summed E-state index contributed by atoms with van der Waals surface area (Å²) < 4.78 is 16.6. The van der Waals surface area contributed by atoms with Crippen molar-refractivity contribution < 1.29 is 14.2 Å². The lowest BCUT2D eigenvalue weighted by atomic mass is 10.2. The van der Waals surface area contributed by atoms with Crippen LogP contribution in [0.2, 0.25) is 0 Å². The number of methoxy groups -OCH3 is 1. The van der Waals surface area contributed by atoms with Crippen LogP contribution in [0, 0.1) is 0 Å². The van der Waals surface area contributed by atoms with Crippen LogP contribution in [0.4, 0.5) is 0 Å². The zero-order chi connectivity index (χ0) is 15.2. The van der Waals surface area contributed by atoms with Crippen LogP contribution in [0.5, 0.6) is 11.5 Å². The van der Waals surface area contributed by atoms with Crippen LogP contribution >= 0.6 is 24.8 Å². The molecule has 0 amide bonds. The van der Waals surface area contributed by atoms with Crippen LogP contribution in [0.25, 0.3) is 10.9 Å². The van der Waals surface area contributed by atoms with Gasteiger partial charge in [0.05, 0.1) is 32.4 Å². The Kier molecular flexibility index (Phi) is 9.07. The topological polar surface area (TPSA) is 56.7 Å². The van der Waals surface area contributed by atoms with E-state index in [9.17, 15) is 0 Å². The zero-order valence-electron chi connectivity index (χ0n) is 13.6. The van der Waals surface area contributed by atoms with E-state index in [1.807, 2.05) is 12.1 Å². The van der Waals surface area contributed by atoms with E-state index in [-0.39, 0.29) is 24.8 Å². The lowest BCUT2D eigenvalue weighted by molar-refractivity contribution is 0.0357. The van der Waals surface area contributed by atoms with Gasteiger partial charge in [0.25, 0.3) is 0 Å². The molecule has 0 atom stereocenters. The highest BCUT2D eigenvalue weighted by atomic mass is 35.5. The summed E-state index contributed by atoms with van der Waals surface area (Å²) in [7, 11) is 1.64. The van der Waals surface area contributed by atoms with Crippen molar-refractivity contribution in [3.8, 4) is 11.5 Å². The lowest BCUT2D eigenvalue weighted by Crippen LogP contribution is -2.37. The molecule has 0 aliphatic carbocycles. The number of benzene rings is 1. The van der Waals surface area contributed by atoms with E-state index in [1.165, 1.54) is 6.33 Å². The van der Waals surface area contributed by atoms with Gasteiger partial charge in [-0.25, -0.2) is 9.97 Å². The predicted molar refractivity (Wildman–Crippen MR) is 98.0 cm³/mol. The van der Waals surface area contributed by atoms with Gasteiger partial charge in [-0.1, -0.05) is 0 Å². The van der Waals surface area contributed by atoms with E-state index in [2.05, 4.69) is 14.9 Å². The van der Waals surface area contributed by atoms with Crippen molar-refractivity contribution in [2.75, 3.05) is 46.6 Å². The Bertz CT molecular complexity index is 625. The van der Waals surface area contributed by atoms with Crippen LogP contribution in [0.3, 0.4) is 0 Å². The molecule has 0 unspecified atom stereocenters. The van der Waals surface area contributed by atoms with Gasteiger partial charge in [-0.15, -0.1) is 24.8 Å². The van der Waals surface area contributed by atoms with E-state index in [0.717, 1.165) is 55.9 Å². The number of fused-ring (bicyclic) bond motifs is 1. The molecule has 8 heteroatoms. The summed E-state index contributed by atoms with van der Waals surface area (Å²) in [5, 5.41) is 0.944. The quantitative estimate of drug-likeness (QED) is 0.723. The number of ether oxygens (including phenoxy) is 3. The van der Waals surface area contributed by atoms with Gasteiger partial charge in [0.1, 0.15) is 6.33 Å². The molecule has 0 bridgehead atoms. The fourth-order valence-electron chi connectivity index (χ4n) is 2.56. The average molecular weight is 376 g/mol. The molecule has 0 radical (unpaired) electrons. The number of halogens is 2. The summed E-state index contributed by atoms with van der Waals surface area (Å²) >= 11 is 0. The monoisotopic (exact) mass is 375 g/mol. The van der Waals surface area contributed by atoms with Gasteiger partial charge < -0.3 is 14.2 Å². The molecule has 3 rings (SSSR count). The second-order valence-electron chi connectivity index (χ2n) is 5.24. The minimum absolute atomic E-state index is 0. The Hall–Kier alpha value is -1.34. The number of hydrogen-bond donors (Lipinski definition) is 0. The highest BCUT2D eigenvalue weighted by molar-refractivity contribution is 5.85. The molecule has 2 aromatic rings. The Labute approximate surface area is 154 Å². The summed E-state index contributed by atoms with van der Waals surface area (Å²) in [5.41, 5.74) is 0.860. The van der Waals surface area contributed by atoms with Gasteiger partial charge in [0.15, 0.2) is 11.5 Å². The fraction of sp³-hybridized carbons (Fsp3) is 0.500. The SMILES string of the molecule is COc1cc2cncnc2cc1OCCCN1CCOCC1.Cl.Cl. The first-order valence-electron chi connectivity index (χ1n) is 7.57. The summed E-state index contributed by atoms with van der Waals surface area (Å²) in [6, 6.07) is 3.82. The van der Waals surface area contributed by atoms with Crippen molar-refractivity contribution in [1.29, 1.82) is 0 Å². The normalized spacial score (nSPS) is 14.5. The van der Waals surface area contributed by atoms with E-state index in [1.54, 1.807) is 13.3 Å². The number of aromatic nitrogens is 2. The first kappa shape index (κ1) is 20.7. The lowest BCUT2D eigenvalue weighted by Gasteiger charge is -2.26. The third-order valence-corrected chi connectivity index (χ3v) is 3.77. The molecule has 1 saturated heterocycles. The highest BCUT2D eigenvalue weighted by Crippen LogP contribution is 2.31. The zero-order valence-corrected chi connectivity index (χ0v) is 15.3. The third-order valence-electron chi connectivity index (χ3n) is 3.77. The standard InChI is InChI=1S/C16H21N3O3.2ClH/c1-20-15-9-13-11-17-12-18-14(13)10-16(15)22-6-2-3-19-4-7-21-8-5-19;;/h9-12H,2-8H2,1H3;2*1H. The molecular formula is C16H23Cl2N3O3. The third kappa shape index (κ3) is 5.34. The van der Waals surface area contributed by atoms with Crippen molar-refractivity contribution in [2.24, 2.45) is 0 Å². The summed E-state index contributed by atoms with van der Waals surface area (Å²) in [5.74, 6) is 1.45. The van der Waals surface area contributed by atoms with Gasteiger partial charge in [-0.3, -0.25) is 4.90 Å². The molecular weight excluding hydrogens is 353 g/mol. The maximum atomic E-state index is 5.88. The van der Waals surface area contributed by atoms with Crippen LogP contribution in [0.1, 0.15) is 6.42 Å². The number of morpholine rings is 1. The minimum Gasteiger partial charge on any atom is -0.493 e. The Morgan fingerprint density at radius 1 is 1.17 bits per heavy atom. The number of rotatable bonds is 6. The number of hydrogen-bond acceptors (Lipinski definition) is 6. The average Bonchev–Trinajstić information content (AvgIpc) is 2.59.